The summed E-state index contributed by atoms with van der Waals surface area (Å²) < 4.78 is 17.0. The van der Waals surface area contributed by atoms with Crippen molar-refractivity contribution < 1.29 is 9.09 Å². The van der Waals surface area contributed by atoms with E-state index in [1.807, 2.05) is 6.92 Å². The van der Waals surface area contributed by atoms with Crippen molar-refractivity contribution in [2.75, 3.05) is 6.61 Å². The zero-order valence-electron chi connectivity index (χ0n) is 10.7. The fourth-order valence-corrected chi connectivity index (χ4v) is 4.74. The van der Waals surface area contributed by atoms with Crippen molar-refractivity contribution in [3.05, 3.63) is 11.0 Å². The lowest BCUT2D eigenvalue weighted by Gasteiger charge is -2.08. The van der Waals surface area contributed by atoms with Crippen LogP contribution in [0.2, 0.25) is 19.6 Å². The highest BCUT2D eigenvalue weighted by Crippen LogP contribution is 2.37. The first kappa shape index (κ1) is 15.0. The minimum atomic E-state index is -1.57. The summed E-state index contributed by atoms with van der Waals surface area (Å²) in [6.45, 7) is 11.3. The number of rotatable bonds is 7. The number of hydrogen-bond acceptors (Lipinski definition) is 2. The van der Waals surface area contributed by atoms with Crippen LogP contribution in [0.5, 0.6) is 0 Å². The van der Waals surface area contributed by atoms with Gasteiger partial charge < -0.3 is 0 Å². The normalized spacial score (nSPS) is 14.2. The lowest BCUT2D eigenvalue weighted by atomic mass is 10.2. The number of unbranched alkanes of at least 4 members (excludes halogenated alkanes) is 1. The van der Waals surface area contributed by atoms with E-state index in [0.717, 1.165) is 24.6 Å². The highest BCUT2D eigenvalue weighted by atomic mass is 31.1. The van der Waals surface area contributed by atoms with E-state index in [1.165, 1.54) is 0 Å². The summed E-state index contributed by atoms with van der Waals surface area (Å²) in [4.78, 5) is 0. The Labute approximate surface area is 96.0 Å². The first-order chi connectivity index (χ1) is 6.90. The van der Waals surface area contributed by atoms with Gasteiger partial charge in [0.1, 0.15) is 6.61 Å². The number of allylic oxidation sites excluding steroid dienone is 1. The molecule has 0 aliphatic rings. The fourth-order valence-electron chi connectivity index (χ4n) is 1.27. The molecule has 0 aromatic carbocycles. The summed E-state index contributed by atoms with van der Waals surface area (Å²) in [5.74, 6) is 0. The van der Waals surface area contributed by atoms with Gasteiger partial charge in [0.2, 0.25) is 0 Å². The quantitative estimate of drug-likeness (QED) is 0.481. The molecule has 0 aliphatic carbocycles. The Bertz CT molecular complexity index is 231. The predicted molar refractivity (Wildman–Crippen MR) is 70.2 cm³/mol. The summed E-state index contributed by atoms with van der Waals surface area (Å²) in [6.07, 6.45) is 3.17. The molecule has 0 saturated carbocycles. The molecule has 1 unspecified atom stereocenters. The van der Waals surface area contributed by atoms with Crippen molar-refractivity contribution >= 4 is 16.1 Å². The van der Waals surface area contributed by atoms with E-state index < -0.39 is 16.1 Å². The van der Waals surface area contributed by atoms with E-state index in [1.54, 1.807) is 0 Å². The molecule has 4 heteroatoms. The summed E-state index contributed by atoms with van der Waals surface area (Å²) >= 11 is 0. The van der Waals surface area contributed by atoms with Crippen LogP contribution in [0.4, 0.5) is 0 Å². The molecule has 0 aliphatic heterocycles. The summed E-state index contributed by atoms with van der Waals surface area (Å²) in [7, 11) is -2.86. The average Bonchev–Trinajstić information content (AvgIpc) is 2.10. The third kappa shape index (κ3) is 7.89. The van der Waals surface area contributed by atoms with E-state index in [-0.39, 0.29) is 0 Å². The number of hydrogen-bond donors (Lipinski definition) is 0. The smallest absolute Gasteiger partial charge is 0.142 e. The minimum absolute atomic E-state index is 0.532. The third-order valence-electron chi connectivity index (χ3n) is 1.87. The second-order valence-corrected chi connectivity index (χ2v) is 11.1. The topological polar surface area (TPSA) is 26.3 Å². The Hall–Kier alpha value is 0.0169. The Morgan fingerprint density at radius 1 is 1.33 bits per heavy atom. The first-order valence-corrected chi connectivity index (χ1v) is 10.5. The van der Waals surface area contributed by atoms with Gasteiger partial charge in [0.05, 0.1) is 8.07 Å². The molecule has 88 valence electrons. The van der Waals surface area contributed by atoms with Gasteiger partial charge in [0.25, 0.3) is 0 Å². The lowest BCUT2D eigenvalue weighted by molar-refractivity contribution is 0.354. The van der Waals surface area contributed by atoms with Gasteiger partial charge in [-0.1, -0.05) is 33.0 Å². The van der Waals surface area contributed by atoms with Gasteiger partial charge in [-0.3, -0.25) is 0 Å². The second kappa shape index (κ2) is 7.32. The highest BCUT2D eigenvalue weighted by Gasteiger charge is 2.27. The largest absolute Gasteiger partial charge is 0.543 e. The van der Waals surface area contributed by atoms with Crippen molar-refractivity contribution in [1.29, 1.82) is 0 Å². The molecule has 2 nitrogen and oxygen atoms in total. The zero-order chi connectivity index (χ0) is 11.9. The van der Waals surface area contributed by atoms with Crippen molar-refractivity contribution in [3.63, 3.8) is 0 Å². The van der Waals surface area contributed by atoms with Gasteiger partial charge in [0.15, 0.2) is 5.31 Å². The molecule has 0 spiro atoms. The van der Waals surface area contributed by atoms with Gasteiger partial charge >= 0.3 is 8.03 Å². The fraction of sp³-hybridized carbons (Fsp3) is 0.818. The Morgan fingerprint density at radius 3 is 2.33 bits per heavy atom. The average molecular weight is 247 g/mol. The summed E-state index contributed by atoms with van der Waals surface area (Å²) in [5, 5.41) is 1.04. The van der Waals surface area contributed by atoms with Crippen molar-refractivity contribution in [2.24, 2.45) is 0 Å². The van der Waals surface area contributed by atoms with E-state index in [0.29, 0.717) is 6.61 Å². The van der Waals surface area contributed by atoms with E-state index in [4.69, 9.17) is 4.52 Å². The molecule has 0 saturated heterocycles. The monoisotopic (exact) mass is 247 g/mol. The summed E-state index contributed by atoms with van der Waals surface area (Å²) in [6, 6.07) is 0. The molecule has 15 heavy (non-hydrogen) atoms. The van der Waals surface area contributed by atoms with Gasteiger partial charge in [-0.05, 0) is 23.6 Å². The SMILES string of the molecule is CCCC/C(=C\[Si](C)(C)C)[P+](=O)OCC. The summed E-state index contributed by atoms with van der Waals surface area (Å²) in [5.41, 5.74) is 2.23. The Morgan fingerprint density at radius 2 is 1.93 bits per heavy atom. The standard InChI is InChI=1S/C11H24O2PSi/c1-6-8-9-11(10-15(3,4)5)14(12)13-7-2/h10H,6-9H2,1-5H3/q+1/b11-10+. The Balaban J connectivity index is 4.57. The van der Waals surface area contributed by atoms with Crippen molar-refractivity contribution in [2.45, 2.75) is 52.8 Å². The molecular formula is C11H24O2PSi+. The molecule has 0 rings (SSSR count). The molecule has 0 bridgehead atoms. The van der Waals surface area contributed by atoms with Gasteiger partial charge in [-0.25, -0.2) is 0 Å². The van der Waals surface area contributed by atoms with Gasteiger partial charge in [-0.2, -0.15) is 0 Å². The zero-order valence-corrected chi connectivity index (χ0v) is 12.6. The van der Waals surface area contributed by atoms with Crippen LogP contribution in [0.3, 0.4) is 0 Å². The van der Waals surface area contributed by atoms with Crippen LogP contribution in [-0.2, 0) is 9.09 Å². The van der Waals surface area contributed by atoms with Crippen molar-refractivity contribution in [3.8, 4) is 0 Å². The van der Waals surface area contributed by atoms with Crippen LogP contribution in [-0.4, -0.2) is 14.7 Å². The van der Waals surface area contributed by atoms with Crippen LogP contribution in [0.15, 0.2) is 11.0 Å². The van der Waals surface area contributed by atoms with Crippen LogP contribution in [0.25, 0.3) is 0 Å². The minimum Gasteiger partial charge on any atom is -0.142 e. The van der Waals surface area contributed by atoms with Crippen LogP contribution < -0.4 is 0 Å². The van der Waals surface area contributed by atoms with Gasteiger partial charge in [0, 0.05) is 6.42 Å². The first-order valence-electron chi connectivity index (χ1n) is 5.72. The molecule has 0 fully saturated rings. The molecule has 0 radical (unpaired) electrons. The Kier molecular flexibility index (Phi) is 7.32. The molecule has 0 amide bonds. The maximum Gasteiger partial charge on any atom is 0.543 e. The van der Waals surface area contributed by atoms with Crippen LogP contribution in [0.1, 0.15) is 33.1 Å². The maximum atomic E-state index is 11.8. The van der Waals surface area contributed by atoms with E-state index >= 15 is 0 Å². The van der Waals surface area contributed by atoms with Crippen LogP contribution >= 0.6 is 8.03 Å². The highest BCUT2D eigenvalue weighted by molar-refractivity contribution is 7.44. The molecule has 0 aromatic rings. The van der Waals surface area contributed by atoms with Gasteiger partial charge in [-0.15, -0.1) is 4.52 Å². The maximum absolute atomic E-state index is 11.8. The second-order valence-electron chi connectivity index (χ2n) is 4.78. The molecular weight excluding hydrogens is 223 g/mol. The molecule has 1 atom stereocenters. The molecule has 0 heterocycles. The third-order valence-corrected chi connectivity index (χ3v) is 4.64. The lowest BCUT2D eigenvalue weighted by Crippen LogP contribution is -2.16. The molecule has 0 aromatic heterocycles. The van der Waals surface area contributed by atoms with E-state index in [9.17, 15) is 4.57 Å². The molecule has 0 N–H and O–H groups in total. The van der Waals surface area contributed by atoms with Crippen molar-refractivity contribution in [1.82, 2.24) is 0 Å². The van der Waals surface area contributed by atoms with E-state index in [2.05, 4.69) is 32.3 Å². The van der Waals surface area contributed by atoms with Crippen LogP contribution in [0, 0.1) is 0 Å². The predicted octanol–water partition coefficient (Wildman–Crippen LogP) is 4.72.